The molecule has 0 spiro atoms. The standard InChI is InChI=1S/C5H12O5.C4H8O2.C3H8O3/c6-1-3(8)5(10)4(9)2-7;1-3-6-4(2)5;4-1-3(6)2-5/h3-10H,1-2H2;3H2,1-2H3;3-6H,1-2H2/t3-,4+,5+;;. The zero-order valence-corrected chi connectivity index (χ0v) is 12.7. The molecule has 0 aromatic carbocycles. The molecule has 10 nitrogen and oxygen atoms in total. The molecule has 0 saturated heterocycles. The van der Waals surface area contributed by atoms with Gasteiger partial charge in [-0.15, -0.1) is 0 Å². The molecule has 0 aliphatic carbocycles. The van der Waals surface area contributed by atoms with Gasteiger partial charge in [-0.05, 0) is 6.92 Å². The fourth-order valence-corrected chi connectivity index (χ4v) is 0.733. The number of hydrogen-bond acceptors (Lipinski definition) is 10. The normalized spacial score (nSPS) is 14.0. The fourth-order valence-electron chi connectivity index (χ4n) is 0.733. The highest BCUT2D eigenvalue weighted by atomic mass is 16.5. The van der Waals surface area contributed by atoms with Gasteiger partial charge in [0.1, 0.15) is 24.4 Å². The number of aliphatic hydroxyl groups excluding tert-OH is 8. The maximum absolute atomic E-state index is 9.82. The number of rotatable bonds is 7. The predicted octanol–water partition coefficient (Wildman–Crippen LogP) is -4.04. The van der Waals surface area contributed by atoms with Crippen molar-refractivity contribution >= 4 is 5.97 Å². The number of carbonyl (C=O) groups excluding carboxylic acids is 1. The lowest BCUT2D eigenvalue weighted by Crippen LogP contribution is -2.41. The topological polar surface area (TPSA) is 188 Å². The average Bonchev–Trinajstić information content (AvgIpc) is 2.52. The van der Waals surface area contributed by atoms with E-state index in [0.29, 0.717) is 6.61 Å². The van der Waals surface area contributed by atoms with Crippen LogP contribution in [-0.2, 0) is 9.53 Å². The molecule has 0 bridgehead atoms. The second kappa shape index (κ2) is 18.2. The zero-order chi connectivity index (χ0) is 18.1. The summed E-state index contributed by atoms with van der Waals surface area (Å²) in [5, 5.41) is 66.6. The van der Waals surface area contributed by atoms with Crippen LogP contribution >= 0.6 is 0 Å². The van der Waals surface area contributed by atoms with Gasteiger partial charge in [0, 0.05) is 6.92 Å². The van der Waals surface area contributed by atoms with Crippen molar-refractivity contribution in [2.45, 2.75) is 38.3 Å². The summed E-state index contributed by atoms with van der Waals surface area (Å²) in [6.07, 6.45) is -5.25. The highest BCUT2D eigenvalue weighted by molar-refractivity contribution is 5.65. The van der Waals surface area contributed by atoms with Gasteiger partial charge < -0.3 is 45.6 Å². The van der Waals surface area contributed by atoms with Gasteiger partial charge in [-0.25, -0.2) is 0 Å². The van der Waals surface area contributed by atoms with Crippen molar-refractivity contribution in [2.75, 3.05) is 33.0 Å². The molecular weight excluding hydrogens is 304 g/mol. The third-order valence-corrected chi connectivity index (χ3v) is 1.93. The zero-order valence-electron chi connectivity index (χ0n) is 12.7. The van der Waals surface area contributed by atoms with Crippen LogP contribution in [0.2, 0.25) is 0 Å². The Bertz CT molecular complexity index is 224. The van der Waals surface area contributed by atoms with Crippen LogP contribution in [-0.4, -0.2) is 104 Å². The van der Waals surface area contributed by atoms with Gasteiger partial charge in [0.25, 0.3) is 0 Å². The highest BCUT2D eigenvalue weighted by Gasteiger charge is 2.22. The summed E-state index contributed by atoms with van der Waals surface area (Å²) < 4.78 is 4.40. The van der Waals surface area contributed by atoms with E-state index in [1.54, 1.807) is 6.92 Å². The van der Waals surface area contributed by atoms with Crippen LogP contribution < -0.4 is 0 Å². The van der Waals surface area contributed by atoms with Gasteiger partial charge in [0.2, 0.25) is 0 Å². The summed E-state index contributed by atoms with van der Waals surface area (Å²) >= 11 is 0. The van der Waals surface area contributed by atoms with Crippen molar-refractivity contribution < 1.29 is 50.4 Å². The summed E-state index contributed by atoms with van der Waals surface area (Å²) in [6.45, 7) is 1.64. The SMILES string of the molecule is CCOC(C)=O.OCC(O)CO.OC[C@@H](O)[C@H](O)[C@@H](O)CO. The molecule has 0 unspecified atom stereocenters. The Labute approximate surface area is 128 Å². The van der Waals surface area contributed by atoms with Crippen LogP contribution in [0.1, 0.15) is 13.8 Å². The third-order valence-electron chi connectivity index (χ3n) is 1.93. The molecular formula is C12H28O10. The maximum Gasteiger partial charge on any atom is 0.302 e. The van der Waals surface area contributed by atoms with Gasteiger partial charge in [-0.3, -0.25) is 4.79 Å². The van der Waals surface area contributed by atoms with E-state index in [0.717, 1.165) is 0 Å². The number of carbonyl (C=O) groups is 1. The van der Waals surface area contributed by atoms with E-state index in [9.17, 15) is 4.79 Å². The van der Waals surface area contributed by atoms with Crippen molar-refractivity contribution in [3.63, 3.8) is 0 Å². The van der Waals surface area contributed by atoms with Crippen molar-refractivity contribution in [3.8, 4) is 0 Å². The lowest BCUT2D eigenvalue weighted by Gasteiger charge is -2.19. The molecule has 0 fully saturated rings. The van der Waals surface area contributed by atoms with Crippen molar-refractivity contribution in [2.24, 2.45) is 0 Å². The molecule has 0 heterocycles. The summed E-state index contributed by atoms with van der Waals surface area (Å²) in [5.41, 5.74) is 0. The van der Waals surface area contributed by atoms with E-state index in [4.69, 9.17) is 40.9 Å². The smallest absolute Gasteiger partial charge is 0.302 e. The van der Waals surface area contributed by atoms with Crippen molar-refractivity contribution in [1.29, 1.82) is 0 Å². The maximum atomic E-state index is 9.82. The van der Waals surface area contributed by atoms with E-state index < -0.39 is 37.6 Å². The lowest BCUT2D eigenvalue weighted by atomic mass is 10.1. The van der Waals surface area contributed by atoms with Crippen LogP contribution in [0.5, 0.6) is 0 Å². The molecule has 0 aliphatic heterocycles. The molecule has 0 aliphatic rings. The first-order chi connectivity index (χ1) is 10.2. The van der Waals surface area contributed by atoms with Crippen molar-refractivity contribution in [3.05, 3.63) is 0 Å². The van der Waals surface area contributed by atoms with Gasteiger partial charge in [0.05, 0.1) is 33.0 Å². The first kappa shape index (κ1) is 26.1. The molecule has 0 aromatic rings. The number of hydrogen-bond donors (Lipinski definition) is 8. The summed E-state index contributed by atoms with van der Waals surface area (Å²) in [4.78, 5) is 9.82. The van der Waals surface area contributed by atoms with Gasteiger partial charge in [-0.1, -0.05) is 0 Å². The Morgan fingerprint density at radius 2 is 1.23 bits per heavy atom. The molecule has 0 amide bonds. The summed E-state index contributed by atoms with van der Waals surface area (Å²) in [7, 11) is 0. The molecule has 136 valence electrons. The monoisotopic (exact) mass is 332 g/mol. The predicted molar refractivity (Wildman–Crippen MR) is 74.7 cm³/mol. The first-order valence-corrected chi connectivity index (χ1v) is 6.50. The van der Waals surface area contributed by atoms with E-state index in [2.05, 4.69) is 4.74 Å². The van der Waals surface area contributed by atoms with Crippen LogP contribution in [0.25, 0.3) is 0 Å². The number of ether oxygens (including phenoxy) is 1. The first-order valence-electron chi connectivity index (χ1n) is 6.50. The molecule has 22 heavy (non-hydrogen) atoms. The second-order valence-electron chi connectivity index (χ2n) is 3.93. The van der Waals surface area contributed by atoms with Crippen LogP contribution in [0, 0.1) is 0 Å². The summed E-state index contributed by atoms with van der Waals surface area (Å²) in [5.74, 6) is -0.211. The van der Waals surface area contributed by atoms with E-state index in [1.165, 1.54) is 6.92 Å². The summed E-state index contributed by atoms with van der Waals surface area (Å²) in [6, 6.07) is 0. The molecule has 0 rings (SSSR count). The quantitative estimate of drug-likeness (QED) is 0.213. The van der Waals surface area contributed by atoms with E-state index in [-0.39, 0.29) is 19.2 Å². The molecule has 8 N–H and O–H groups in total. The Kier molecular flexibility index (Phi) is 21.6. The van der Waals surface area contributed by atoms with E-state index in [1.807, 2.05) is 0 Å². The minimum Gasteiger partial charge on any atom is -0.466 e. The largest absolute Gasteiger partial charge is 0.466 e. The molecule has 0 radical (unpaired) electrons. The van der Waals surface area contributed by atoms with Crippen LogP contribution in [0.4, 0.5) is 0 Å². The van der Waals surface area contributed by atoms with Crippen LogP contribution in [0.15, 0.2) is 0 Å². The number of esters is 1. The minimum atomic E-state index is -1.49. The van der Waals surface area contributed by atoms with Crippen molar-refractivity contribution in [1.82, 2.24) is 0 Å². The molecule has 3 atom stereocenters. The van der Waals surface area contributed by atoms with Crippen LogP contribution in [0.3, 0.4) is 0 Å². The van der Waals surface area contributed by atoms with Gasteiger partial charge in [-0.2, -0.15) is 0 Å². The Balaban J connectivity index is -0.000000261. The van der Waals surface area contributed by atoms with Gasteiger partial charge in [0.15, 0.2) is 0 Å². The Morgan fingerprint density at radius 1 is 0.864 bits per heavy atom. The van der Waals surface area contributed by atoms with Gasteiger partial charge >= 0.3 is 5.97 Å². The average molecular weight is 332 g/mol. The number of aliphatic hydroxyl groups is 8. The molecule has 10 heteroatoms. The lowest BCUT2D eigenvalue weighted by molar-refractivity contribution is -0.140. The second-order valence-corrected chi connectivity index (χ2v) is 3.93. The Hall–Kier alpha value is -0.850. The third kappa shape index (κ3) is 19.1. The minimum absolute atomic E-state index is 0.211. The molecule has 0 aromatic heterocycles. The fraction of sp³-hybridized carbons (Fsp3) is 0.917. The van der Waals surface area contributed by atoms with E-state index >= 15 is 0 Å². The molecule has 0 saturated carbocycles. The highest BCUT2D eigenvalue weighted by Crippen LogP contribution is 1.98. The Morgan fingerprint density at radius 3 is 1.32 bits per heavy atom.